The van der Waals surface area contributed by atoms with Crippen molar-refractivity contribution in [2.24, 2.45) is 5.92 Å². The molecule has 1 aromatic rings. The molecule has 21 heavy (non-hydrogen) atoms. The fourth-order valence-corrected chi connectivity index (χ4v) is 3.60. The van der Waals surface area contributed by atoms with Crippen molar-refractivity contribution in [2.45, 2.75) is 51.4 Å². The van der Waals surface area contributed by atoms with E-state index < -0.39 is 5.97 Å². The number of hydrogen-bond acceptors (Lipinski definition) is 4. The van der Waals surface area contributed by atoms with Crippen LogP contribution in [0, 0.1) is 5.92 Å². The van der Waals surface area contributed by atoms with E-state index in [9.17, 15) is 4.79 Å². The molecule has 0 amide bonds. The fraction of sp³-hybridized carbons (Fsp3) is 0.688. The Bertz CT molecular complexity index is 518. The molecule has 2 aliphatic rings. The van der Waals surface area contributed by atoms with Gasteiger partial charge in [-0.15, -0.1) is 0 Å². The van der Waals surface area contributed by atoms with Crippen molar-refractivity contribution in [3.63, 3.8) is 0 Å². The maximum Gasteiger partial charge on any atom is 0.303 e. The molecular formula is C16H23N3O2. The molecule has 1 N–H and O–H groups in total. The lowest BCUT2D eigenvalue weighted by atomic mass is 9.91. The van der Waals surface area contributed by atoms with Gasteiger partial charge in [-0.2, -0.15) is 0 Å². The third kappa shape index (κ3) is 3.34. The zero-order valence-electron chi connectivity index (χ0n) is 12.4. The van der Waals surface area contributed by atoms with Crippen LogP contribution < -0.4 is 4.90 Å². The number of hydrogen-bond donors (Lipinski definition) is 1. The Labute approximate surface area is 125 Å². The number of anilines is 1. The molecule has 1 fully saturated rings. The lowest BCUT2D eigenvalue weighted by Crippen LogP contribution is -2.37. The maximum absolute atomic E-state index is 10.8. The first-order valence-electron chi connectivity index (χ1n) is 8.03. The van der Waals surface area contributed by atoms with Crippen molar-refractivity contribution in [3.05, 3.63) is 17.6 Å². The van der Waals surface area contributed by atoms with Crippen LogP contribution in [0.3, 0.4) is 0 Å². The Morgan fingerprint density at radius 2 is 2.14 bits per heavy atom. The summed E-state index contributed by atoms with van der Waals surface area (Å²) >= 11 is 0. The van der Waals surface area contributed by atoms with Crippen LogP contribution >= 0.6 is 0 Å². The highest BCUT2D eigenvalue weighted by Gasteiger charge is 2.25. The van der Waals surface area contributed by atoms with E-state index in [0.29, 0.717) is 5.92 Å². The number of fused-ring (bicyclic) bond motifs is 1. The predicted octanol–water partition coefficient (Wildman–Crippen LogP) is 2.44. The Morgan fingerprint density at radius 1 is 1.29 bits per heavy atom. The van der Waals surface area contributed by atoms with Crippen molar-refractivity contribution in [3.8, 4) is 0 Å². The number of carboxylic acid groups (broad SMARTS) is 1. The van der Waals surface area contributed by atoms with Gasteiger partial charge in [-0.3, -0.25) is 4.79 Å². The summed E-state index contributed by atoms with van der Waals surface area (Å²) in [6.45, 7) is 1.98. The summed E-state index contributed by atoms with van der Waals surface area (Å²) in [5, 5.41) is 8.85. The average Bonchev–Trinajstić information content (AvgIpc) is 2.52. The summed E-state index contributed by atoms with van der Waals surface area (Å²) in [5.41, 5.74) is 2.56. The number of carbonyl (C=O) groups is 1. The van der Waals surface area contributed by atoms with Crippen LogP contribution in [0.2, 0.25) is 0 Å². The molecule has 0 spiro atoms. The summed E-state index contributed by atoms with van der Waals surface area (Å²) in [4.78, 5) is 22.1. The molecule has 114 valence electrons. The average molecular weight is 289 g/mol. The molecule has 1 unspecified atom stereocenters. The van der Waals surface area contributed by atoms with Gasteiger partial charge in [0, 0.05) is 30.8 Å². The second kappa shape index (κ2) is 6.41. The summed E-state index contributed by atoms with van der Waals surface area (Å²) < 4.78 is 0. The fourth-order valence-electron chi connectivity index (χ4n) is 3.60. The van der Waals surface area contributed by atoms with E-state index in [-0.39, 0.29) is 6.42 Å². The van der Waals surface area contributed by atoms with Crippen LogP contribution in [0.4, 0.5) is 5.82 Å². The molecule has 0 bridgehead atoms. The van der Waals surface area contributed by atoms with E-state index in [4.69, 9.17) is 5.11 Å². The van der Waals surface area contributed by atoms with Gasteiger partial charge in [-0.25, -0.2) is 9.97 Å². The highest BCUT2D eigenvalue weighted by atomic mass is 16.4. The van der Waals surface area contributed by atoms with Gasteiger partial charge < -0.3 is 10.0 Å². The van der Waals surface area contributed by atoms with Gasteiger partial charge in [-0.05, 0) is 50.9 Å². The lowest BCUT2D eigenvalue weighted by Gasteiger charge is -2.35. The minimum absolute atomic E-state index is 0.278. The molecule has 2 heterocycles. The van der Waals surface area contributed by atoms with Crippen LogP contribution in [-0.2, 0) is 17.6 Å². The van der Waals surface area contributed by atoms with Gasteiger partial charge in [0.15, 0.2) is 0 Å². The molecule has 1 saturated heterocycles. The molecule has 5 heteroatoms. The number of piperidine rings is 1. The number of aromatic nitrogens is 2. The Balaban J connectivity index is 1.73. The first kappa shape index (κ1) is 14.3. The van der Waals surface area contributed by atoms with Crippen LogP contribution in [-0.4, -0.2) is 34.1 Å². The second-order valence-electron chi connectivity index (χ2n) is 6.22. The molecule has 0 radical (unpaired) electrons. The molecule has 1 atom stereocenters. The van der Waals surface area contributed by atoms with Crippen molar-refractivity contribution in [1.29, 1.82) is 0 Å². The van der Waals surface area contributed by atoms with Crippen LogP contribution in [0.15, 0.2) is 6.33 Å². The smallest absolute Gasteiger partial charge is 0.303 e. The molecular weight excluding hydrogens is 266 g/mol. The summed E-state index contributed by atoms with van der Waals surface area (Å²) in [6.07, 6.45) is 9.62. The van der Waals surface area contributed by atoms with Crippen molar-refractivity contribution < 1.29 is 9.90 Å². The van der Waals surface area contributed by atoms with E-state index in [1.54, 1.807) is 6.33 Å². The molecule has 1 aliphatic heterocycles. The van der Waals surface area contributed by atoms with E-state index in [2.05, 4.69) is 14.9 Å². The Morgan fingerprint density at radius 3 is 3.00 bits per heavy atom. The topological polar surface area (TPSA) is 66.3 Å². The number of aryl methyl sites for hydroxylation is 1. The third-order valence-electron chi connectivity index (χ3n) is 4.69. The second-order valence-corrected chi connectivity index (χ2v) is 6.22. The highest BCUT2D eigenvalue weighted by Crippen LogP contribution is 2.31. The van der Waals surface area contributed by atoms with E-state index in [1.807, 2.05) is 0 Å². The van der Waals surface area contributed by atoms with Crippen LogP contribution in [0.5, 0.6) is 0 Å². The molecule has 1 aromatic heterocycles. The summed E-state index contributed by atoms with van der Waals surface area (Å²) in [7, 11) is 0. The van der Waals surface area contributed by atoms with E-state index in [1.165, 1.54) is 24.1 Å². The maximum atomic E-state index is 10.8. The van der Waals surface area contributed by atoms with Crippen molar-refractivity contribution >= 4 is 11.8 Å². The van der Waals surface area contributed by atoms with Gasteiger partial charge in [0.25, 0.3) is 0 Å². The largest absolute Gasteiger partial charge is 0.481 e. The van der Waals surface area contributed by atoms with E-state index in [0.717, 1.165) is 51.0 Å². The Hall–Kier alpha value is -1.65. The monoisotopic (exact) mass is 289 g/mol. The quantitative estimate of drug-likeness (QED) is 0.922. The van der Waals surface area contributed by atoms with Gasteiger partial charge in [0.1, 0.15) is 12.1 Å². The first-order chi connectivity index (χ1) is 10.2. The Kier molecular flexibility index (Phi) is 4.36. The molecule has 0 aromatic carbocycles. The summed E-state index contributed by atoms with van der Waals surface area (Å²) in [5.74, 6) is 0.898. The van der Waals surface area contributed by atoms with E-state index >= 15 is 0 Å². The highest BCUT2D eigenvalue weighted by molar-refractivity contribution is 5.66. The molecule has 3 rings (SSSR count). The number of nitrogens with zero attached hydrogens (tertiary/aromatic N) is 3. The van der Waals surface area contributed by atoms with Crippen molar-refractivity contribution in [2.75, 3.05) is 18.0 Å². The SMILES string of the molecule is O=C(O)CCC1CCCN(c2ncnc3c2CCCC3)C1. The van der Waals surface area contributed by atoms with Gasteiger partial charge in [0.2, 0.25) is 0 Å². The van der Waals surface area contributed by atoms with Gasteiger partial charge in [-0.1, -0.05) is 0 Å². The van der Waals surface area contributed by atoms with Crippen molar-refractivity contribution in [1.82, 2.24) is 9.97 Å². The number of carboxylic acids is 1. The van der Waals surface area contributed by atoms with Gasteiger partial charge >= 0.3 is 5.97 Å². The zero-order valence-corrected chi connectivity index (χ0v) is 12.4. The molecule has 1 aliphatic carbocycles. The summed E-state index contributed by atoms with van der Waals surface area (Å²) in [6, 6.07) is 0. The zero-order chi connectivity index (χ0) is 14.7. The number of rotatable bonds is 4. The first-order valence-corrected chi connectivity index (χ1v) is 8.03. The van der Waals surface area contributed by atoms with Crippen LogP contribution in [0.1, 0.15) is 49.8 Å². The van der Waals surface area contributed by atoms with Crippen LogP contribution in [0.25, 0.3) is 0 Å². The minimum Gasteiger partial charge on any atom is -0.481 e. The number of aliphatic carboxylic acids is 1. The third-order valence-corrected chi connectivity index (χ3v) is 4.69. The standard InChI is InChI=1S/C16H23N3O2/c20-15(21)8-7-12-4-3-9-19(10-12)16-13-5-1-2-6-14(13)17-11-18-16/h11-12H,1-10H2,(H,20,21). The normalized spacial score (nSPS) is 21.9. The molecule has 0 saturated carbocycles. The molecule has 5 nitrogen and oxygen atoms in total. The predicted molar refractivity (Wildman–Crippen MR) is 80.5 cm³/mol. The minimum atomic E-state index is -0.688. The lowest BCUT2D eigenvalue weighted by molar-refractivity contribution is -0.137. The van der Waals surface area contributed by atoms with Gasteiger partial charge in [0.05, 0.1) is 0 Å².